The van der Waals surface area contributed by atoms with Crippen LogP contribution in [0.3, 0.4) is 0 Å². The van der Waals surface area contributed by atoms with Crippen LogP contribution in [-0.2, 0) is 0 Å². The van der Waals surface area contributed by atoms with E-state index in [0.717, 1.165) is 0 Å². The maximum atomic E-state index is 4.14. The fraction of sp³-hybridized carbons (Fsp3) is 0.500. The van der Waals surface area contributed by atoms with E-state index >= 15 is 0 Å². The van der Waals surface area contributed by atoms with E-state index in [1.165, 1.54) is 49.9 Å². The molecular weight excluding hydrogens is 456 g/mol. The van der Waals surface area contributed by atoms with Gasteiger partial charge in [0.2, 0.25) is 0 Å². The van der Waals surface area contributed by atoms with Crippen LogP contribution in [0.1, 0.15) is 48.9 Å². The van der Waals surface area contributed by atoms with Gasteiger partial charge in [0.25, 0.3) is 0 Å². The fourth-order valence-electron chi connectivity index (χ4n) is 3.81. The van der Waals surface area contributed by atoms with Crippen LogP contribution in [-0.4, -0.2) is 47.0 Å². The highest BCUT2D eigenvalue weighted by Gasteiger charge is 2.22. The Labute approximate surface area is 178 Å². The number of likely N-dealkylation sites (tertiary alicyclic amines) is 2. The van der Waals surface area contributed by atoms with Crippen molar-refractivity contribution >= 4 is 34.0 Å². The number of halogens is 2. The molecule has 2 fully saturated rings. The van der Waals surface area contributed by atoms with Crippen molar-refractivity contribution in [1.29, 1.82) is 0 Å². The second-order valence-corrected chi connectivity index (χ2v) is 6.85. The van der Waals surface area contributed by atoms with Crippen molar-refractivity contribution in [3.05, 3.63) is 60.2 Å². The third-order valence-electron chi connectivity index (χ3n) is 5.18. The molecule has 2 aliphatic rings. The van der Waals surface area contributed by atoms with Gasteiger partial charge in [-0.15, -0.1) is 34.0 Å². The van der Waals surface area contributed by atoms with Crippen molar-refractivity contribution in [2.24, 2.45) is 0 Å². The molecule has 0 unspecified atom stereocenters. The van der Waals surface area contributed by atoms with E-state index in [1.807, 2.05) is 36.9 Å². The Hall–Kier alpha value is -0.820. The second kappa shape index (κ2) is 11.8. The lowest BCUT2D eigenvalue weighted by molar-refractivity contribution is 0.317. The molecule has 2 aromatic heterocycles. The number of aromatic nitrogens is 2. The standard InChI is InChI=1S/2C10H14N2.2BrH/c2*1-12-7-3-5-10(12)9-4-2-6-11-8-9;;/h2*2,4,6,8,10H,3,5,7H2,1H3;2*1H/t2*10-;;/m00../s1. The van der Waals surface area contributed by atoms with E-state index in [-0.39, 0.29) is 34.0 Å². The number of hydrogen-bond acceptors (Lipinski definition) is 4. The third kappa shape index (κ3) is 6.12. The molecule has 2 aliphatic heterocycles. The van der Waals surface area contributed by atoms with Gasteiger partial charge >= 0.3 is 0 Å². The van der Waals surface area contributed by atoms with Crippen molar-refractivity contribution in [1.82, 2.24) is 19.8 Å². The summed E-state index contributed by atoms with van der Waals surface area (Å²) in [5, 5.41) is 0. The Bertz CT molecular complexity index is 556. The summed E-state index contributed by atoms with van der Waals surface area (Å²) in [6, 6.07) is 9.58. The van der Waals surface area contributed by atoms with Crippen molar-refractivity contribution in [2.45, 2.75) is 37.8 Å². The minimum Gasteiger partial charge on any atom is -0.299 e. The molecule has 0 bridgehead atoms. The van der Waals surface area contributed by atoms with Gasteiger partial charge in [-0.3, -0.25) is 19.8 Å². The molecule has 0 aromatic carbocycles. The molecule has 26 heavy (non-hydrogen) atoms. The summed E-state index contributed by atoms with van der Waals surface area (Å²) in [6.07, 6.45) is 12.8. The Balaban J connectivity index is 0.000000241. The molecule has 0 N–H and O–H groups in total. The van der Waals surface area contributed by atoms with Gasteiger partial charge in [-0.2, -0.15) is 0 Å². The molecule has 0 radical (unpaired) electrons. The molecule has 0 saturated carbocycles. The second-order valence-electron chi connectivity index (χ2n) is 6.85. The maximum absolute atomic E-state index is 4.14. The molecule has 2 saturated heterocycles. The summed E-state index contributed by atoms with van der Waals surface area (Å²) in [4.78, 5) is 13.1. The Morgan fingerprint density at radius 2 is 1.19 bits per heavy atom. The molecule has 2 aromatic rings. The Kier molecular flexibility index (Phi) is 10.5. The van der Waals surface area contributed by atoms with Crippen LogP contribution >= 0.6 is 34.0 Å². The average Bonchev–Trinajstić information content (AvgIpc) is 3.25. The average molecular weight is 486 g/mol. The van der Waals surface area contributed by atoms with Crippen molar-refractivity contribution in [2.75, 3.05) is 27.2 Å². The molecule has 4 heterocycles. The molecule has 4 nitrogen and oxygen atoms in total. The Morgan fingerprint density at radius 3 is 1.46 bits per heavy atom. The summed E-state index contributed by atoms with van der Waals surface area (Å²) >= 11 is 0. The zero-order chi connectivity index (χ0) is 16.8. The lowest BCUT2D eigenvalue weighted by Crippen LogP contribution is -2.17. The van der Waals surface area contributed by atoms with Crippen LogP contribution < -0.4 is 0 Å². The van der Waals surface area contributed by atoms with Crippen molar-refractivity contribution in [3.63, 3.8) is 0 Å². The van der Waals surface area contributed by atoms with Crippen LogP contribution in [0.4, 0.5) is 0 Å². The smallest absolute Gasteiger partial charge is 0.0360 e. The maximum Gasteiger partial charge on any atom is 0.0360 e. The summed E-state index contributed by atoms with van der Waals surface area (Å²) in [7, 11) is 4.37. The highest BCUT2D eigenvalue weighted by atomic mass is 79.9. The van der Waals surface area contributed by atoms with Crippen LogP contribution in [0, 0.1) is 0 Å². The van der Waals surface area contributed by atoms with E-state index in [2.05, 4.69) is 46.0 Å². The van der Waals surface area contributed by atoms with Gasteiger partial charge < -0.3 is 0 Å². The predicted molar refractivity (Wildman–Crippen MR) is 118 cm³/mol. The van der Waals surface area contributed by atoms with Crippen molar-refractivity contribution < 1.29 is 0 Å². The quantitative estimate of drug-likeness (QED) is 0.608. The predicted octanol–water partition coefficient (Wildman–Crippen LogP) is 4.85. The summed E-state index contributed by atoms with van der Waals surface area (Å²) in [6.45, 7) is 2.44. The third-order valence-corrected chi connectivity index (χ3v) is 5.18. The van der Waals surface area contributed by atoms with Gasteiger partial charge in [0.1, 0.15) is 0 Å². The lowest BCUT2D eigenvalue weighted by Gasteiger charge is -2.18. The van der Waals surface area contributed by atoms with Gasteiger partial charge in [-0.1, -0.05) is 12.1 Å². The summed E-state index contributed by atoms with van der Waals surface area (Å²) in [5.74, 6) is 0. The summed E-state index contributed by atoms with van der Waals surface area (Å²) < 4.78 is 0. The normalized spacial score (nSPS) is 22.7. The Morgan fingerprint density at radius 1 is 0.769 bits per heavy atom. The van der Waals surface area contributed by atoms with E-state index < -0.39 is 0 Å². The monoisotopic (exact) mass is 484 g/mol. The first-order valence-corrected chi connectivity index (χ1v) is 8.96. The minimum absolute atomic E-state index is 0. The van der Waals surface area contributed by atoms with Crippen LogP contribution in [0.2, 0.25) is 0 Å². The molecule has 0 spiro atoms. The number of nitrogens with zero attached hydrogens (tertiary/aromatic N) is 4. The lowest BCUT2D eigenvalue weighted by atomic mass is 10.1. The van der Waals surface area contributed by atoms with Crippen LogP contribution in [0.25, 0.3) is 0 Å². The number of hydrogen-bond donors (Lipinski definition) is 0. The van der Waals surface area contributed by atoms with Gasteiger partial charge in [0.15, 0.2) is 0 Å². The first kappa shape index (κ1) is 23.2. The van der Waals surface area contributed by atoms with Gasteiger partial charge in [-0.05, 0) is 76.1 Å². The summed E-state index contributed by atoms with van der Waals surface area (Å²) in [5.41, 5.74) is 2.72. The fourth-order valence-corrected chi connectivity index (χ4v) is 3.81. The highest BCUT2D eigenvalue weighted by molar-refractivity contribution is 8.93. The van der Waals surface area contributed by atoms with Crippen LogP contribution in [0.5, 0.6) is 0 Å². The van der Waals surface area contributed by atoms with E-state index in [0.29, 0.717) is 12.1 Å². The van der Waals surface area contributed by atoms with Gasteiger partial charge in [-0.25, -0.2) is 0 Å². The topological polar surface area (TPSA) is 32.3 Å². The first-order chi connectivity index (χ1) is 11.8. The van der Waals surface area contributed by atoms with E-state index in [1.54, 1.807) is 0 Å². The van der Waals surface area contributed by atoms with Crippen molar-refractivity contribution in [3.8, 4) is 0 Å². The minimum atomic E-state index is 0. The molecule has 6 heteroatoms. The molecule has 2 atom stereocenters. The number of rotatable bonds is 2. The largest absolute Gasteiger partial charge is 0.299 e. The SMILES string of the molecule is Br.Br.CN1CCC[C@H]1c1cccnc1.CN1CCC[C@H]1c1cccnc1. The molecule has 144 valence electrons. The highest BCUT2D eigenvalue weighted by Crippen LogP contribution is 2.30. The van der Waals surface area contributed by atoms with E-state index in [4.69, 9.17) is 0 Å². The van der Waals surface area contributed by atoms with E-state index in [9.17, 15) is 0 Å². The zero-order valence-corrected chi connectivity index (χ0v) is 19.0. The molecule has 4 rings (SSSR count). The molecular formula is C20H30Br2N4. The first-order valence-electron chi connectivity index (χ1n) is 8.96. The number of pyridine rings is 2. The van der Waals surface area contributed by atoms with Gasteiger partial charge in [0.05, 0.1) is 0 Å². The molecule has 0 aliphatic carbocycles. The van der Waals surface area contributed by atoms with Crippen LogP contribution in [0.15, 0.2) is 49.1 Å². The van der Waals surface area contributed by atoms with Gasteiger partial charge in [0, 0.05) is 36.9 Å². The molecule has 0 amide bonds. The zero-order valence-electron chi connectivity index (χ0n) is 15.6.